The molecule has 2 saturated carbocycles. The maximum atomic E-state index is 12.2. The first-order valence-electron chi connectivity index (χ1n) is 7.70. The Hall–Kier alpha value is -1.36. The molecule has 2 aliphatic carbocycles. The van der Waals surface area contributed by atoms with Gasteiger partial charge in [0, 0.05) is 25.3 Å². The molecular weight excluding hydrogens is 252 g/mol. The molecule has 3 rings (SSSR count). The number of nitrogens with zero attached hydrogens (tertiary/aromatic N) is 2. The van der Waals surface area contributed by atoms with Gasteiger partial charge in [0.1, 0.15) is 5.69 Å². The molecule has 5 nitrogen and oxygen atoms in total. The van der Waals surface area contributed by atoms with Crippen LogP contribution in [0.5, 0.6) is 0 Å². The molecule has 20 heavy (non-hydrogen) atoms. The van der Waals surface area contributed by atoms with Crippen molar-refractivity contribution in [2.24, 2.45) is 23.5 Å². The van der Waals surface area contributed by atoms with E-state index in [-0.39, 0.29) is 11.9 Å². The minimum absolute atomic E-state index is 0.0592. The van der Waals surface area contributed by atoms with Gasteiger partial charge in [-0.1, -0.05) is 6.42 Å². The van der Waals surface area contributed by atoms with Gasteiger partial charge in [-0.05, 0) is 43.9 Å². The van der Waals surface area contributed by atoms with Crippen LogP contribution in [0.3, 0.4) is 0 Å². The number of carbonyl (C=O) groups is 1. The lowest BCUT2D eigenvalue weighted by Crippen LogP contribution is -2.40. The van der Waals surface area contributed by atoms with E-state index in [0.717, 1.165) is 11.8 Å². The molecule has 0 aromatic carbocycles. The van der Waals surface area contributed by atoms with Gasteiger partial charge in [-0.3, -0.25) is 4.79 Å². The van der Waals surface area contributed by atoms with Crippen molar-refractivity contribution >= 4 is 5.91 Å². The average Bonchev–Trinajstić information content (AvgIpc) is 3.14. The Morgan fingerprint density at radius 2 is 2.40 bits per heavy atom. The molecule has 3 N–H and O–H groups in total. The summed E-state index contributed by atoms with van der Waals surface area (Å²) in [4.78, 5) is 16.4. The Kier molecular flexibility index (Phi) is 3.78. The number of nitrogens with one attached hydrogen (secondary N) is 1. The van der Waals surface area contributed by atoms with Crippen molar-refractivity contribution in [1.82, 2.24) is 14.9 Å². The predicted molar refractivity (Wildman–Crippen MR) is 77.1 cm³/mol. The predicted octanol–water partition coefficient (Wildman–Crippen LogP) is 1.40. The van der Waals surface area contributed by atoms with E-state index in [4.69, 9.17) is 5.73 Å². The van der Waals surface area contributed by atoms with E-state index >= 15 is 0 Å². The van der Waals surface area contributed by atoms with E-state index in [2.05, 4.69) is 17.2 Å². The molecule has 1 amide bonds. The first kappa shape index (κ1) is 13.6. The molecule has 0 aliphatic heterocycles. The van der Waals surface area contributed by atoms with E-state index in [1.54, 1.807) is 12.5 Å². The fourth-order valence-electron chi connectivity index (χ4n) is 4.04. The third-order valence-corrected chi connectivity index (χ3v) is 5.05. The molecule has 2 fully saturated rings. The van der Waals surface area contributed by atoms with Crippen LogP contribution in [0.25, 0.3) is 0 Å². The summed E-state index contributed by atoms with van der Waals surface area (Å²) < 4.78 is 1.86. The summed E-state index contributed by atoms with van der Waals surface area (Å²) in [5.41, 5.74) is 5.99. The van der Waals surface area contributed by atoms with Crippen molar-refractivity contribution in [1.29, 1.82) is 0 Å². The number of hydrogen-bond donors (Lipinski definition) is 2. The standard InChI is InChI=1S/C15H24N4O/c1-10(13-7-11-2-3-12(13)6-11)18-15(20)14-8-19(5-4-16)9-17-14/h8-13H,2-7,16H2,1H3,(H,18,20). The van der Waals surface area contributed by atoms with Gasteiger partial charge in [-0.2, -0.15) is 0 Å². The lowest BCUT2D eigenvalue weighted by molar-refractivity contribution is 0.0910. The van der Waals surface area contributed by atoms with Gasteiger partial charge in [0.15, 0.2) is 0 Å². The molecule has 0 saturated heterocycles. The van der Waals surface area contributed by atoms with Crippen molar-refractivity contribution in [3.63, 3.8) is 0 Å². The molecule has 1 aromatic heterocycles. The van der Waals surface area contributed by atoms with Crippen molar-refractivity contribution in [3.8, 4) is 0 Å². The molecule has 5 heteroatoms. The number of imidazole rings is 1. The Labute approximate surface area is 119 Å². The molecule has 4 atom stereocenters. The molecule has 0 spiro atoms. The summed E-state index contributed by atoms with van der Waals surface area (Å²) in [5.74, 6) is 2.33. The van der Waals surface area contributed by atoms with Crippen LogP contribution >= 0.6 is 0 Å². The Balaban J connectivity index is 1.57. The third-order valence-electron chi connectivity index (χ3n) is 5.05. The minimum Gasteiger partial charge on any atom is -0.348 e. The maximum absolute atomic E-state index is 12.2. The van der Waals surface area contributed by atoms with Gasteiger partial charge >= 0.3 is 0 Å². The number of amides is 1. The number of rotatable bonds is 5. The monoisotopic (exact) mass is 276 g/mol. The molecule has 4 unspecified atom stereocenters. The van der Waals surface area contributed by atoms with Crippen molar-refractivity contribution in [3.05, 3.63) is 18.2 Å². The smallest absolute Gasteiger partial charge is 0.271 e. The zero-order valence-electron chi connectivity index (χ0n) is 12.1. The lowest BCUT2D eigenvalue weighted by atomic mass is 9.84. The highest BCUT2D eigenvalue weighted by molar-refractivity contribution is 5.92. The van der Waals surface area contributed by atoms with Crippen LogP contribution in [0, 0.1) is 17.8 Å². The van der Waals surface area contributed by atoms with Gasteiger partial charge < -0.3 is 15.6 Å². The van der Waals surface area contributed by atoms with E-state index < -0.39 is 0 Å². The summed E-state index contributed by atoms with van der Waals surface area (Å²) in [6.45, 7) is 3.39. The average molecular weight is 276 g/mol. The first-order chi connectivity index (χ1) is 9.67. The van der Waals surface area contributed by atoms with Crippen molar-refractivity contribution in [2.45, 2.75) is 45.2 Å². The van der Waals surface area contributed by atoms with Gasteiger partial charge in [-0.15, -0.1) is 0 Å². The summed E-state index contributed by atoms with van der Waals surface area (Å²) in [5, 5.41) is 3.13. The number of aromatic nitrogens is 2. The first-order valence-corrected chi connectivity index (χ1v) is 7.70. The lowest BCUT2D eigenvalue weighted by Gasteiger charge is -2.28. The topological polar surface area (TPSA) is 72.9 Å². The molecule has 2 aliphatic rings. The summed E-state index contributed by atoms with van der Waals surface area (Å²) in [6.07, 6.45) is 8.84. The SMILES string of the molecule is CC(NC(=O)c1cn(CCN)cn1)C1CC2CCC1C2. The Morgan fingerprint density at radius 3 is 3.05 bits per heavy atom. The zero-order chi connectivity index (χ0) is 14.1. The van der Waals surface area contributed by atoms with Crippen LogP contribution < -0.4 is 11.1 Å². The van der Waals surface area contributed by atoms with Crippen LogP contribution in [0.2, 0.25) is 0 Å². The van der Waals surface area contributed by atoms with E-state index in [0.29, 0.717) is 24.7 Å². The summed E-state index contributed by atoms with van der Waals surface area (Å²) >= 11 is 0. The minimum atomic E-state index is -0.0592. The molecule has 2 bridgehead atoms. The normalized spacial score (nSPS) is 29.6. The summed E-state index contributed by atoms with van der Waals surface area (Å²) in [6, 6.07) is 0.248. The van der Waals surface area contributed by atoms with E-state index in [9.17, 15) is 4.79 Å². The van der Waals surface area contributed by atoms with Gasteiger partial charge in [-0.25, -0.2) is 4.98 Å². The highest BCUT2D eigenvalue weighted by Gasteiger charge is 2.42. The molecule has 1 aromatic rings. The maximum Gasteiger partial charge on any atom is 0.271 e. The Bertz CT molecular complexity index is 484. The largest absolute Gasteiger partial charge is 0.348 e. The number of nitrogens with two attached hydrogens (primary N) is 1. The van der Waals surface area contributed by atoms with Crippen molar-refractivity contribution in [2.75, 3.05) is 6.54 Å². The summed E-state index contributed by atoms with van der Waals surface area (Å²) in [7, 11) is 0. The second-order valence-corrected chi connectivity index (χ2v) is 6.39. The molecular formula is C15H24N4O. The van der Waals surface area contributed by atoms with E-state index in [1.165, 1.54) is 25.7 Å². The zero-order valence-corrected chi connectivity index (χ0v) is 12.1. The number of fused-ring (bicyclic) bond motifs is 2. The third kappa shape index (κ3) is 2.59. The highest BCUT2D eigenvalue weighted by Crippen LogP contribution is 2.49. The van der Waals surface area contributed by atoms with Crippen LogP contribution in [0.15, 0.2) is 12.5 Å². The second kappa shape index (κ2) is 5.56. The molecule has 0 radical (unpaired) electrons. The van der Waals surface area contributed by atoms with Crippen LogP contribution in [-0.2, 0) is 6.54 Å². The second-order valence-electron chi connectivity index (χ2n) is 6.39. The molecule has 1 heterocycles. The Morgan fingerprint density at radius 1 is 1.55 bits per heavy atom. The van der Waals surface area contributed by atoms with E-state index in [1.807, 2.05) is 4.57 Å². The fourth-order valence-corrected chi connectivity index (χ4v) is 4.04. The van der Waals surface area contributed by atoms with Crippen LogP contribution in [0.1, 0.15) is 43.1 Å². The van der Waals surface area contributed by atoms with Crippen LogP contribution in [-0.4, -0.2) is 28.0 Å². The number of hydrogen-bond acceptors (Lipinski definition) is 3. The van der Waals surface area contributed by atoms with Crippen molar-refractivity contribution < 1.29 is 4.79 Å². The fraction of sp³-hybridized carbons (Fsp3) is 0.733. The van der Waals surface area contributed by atoms with Gasteiger partial charge in [0.05, 0.1) is 6.33 Å². The number of carbonyl (C=O) groups excluding carboxylic acids is 1. The van der Waals surface area contributed by atoms with Gasteiger partial charge in [0.25, 0.3) is 5.91 Å². The molecule has 110 valence electrons. The quantitative estimate of drug-likeness (QED) is 0.853. The van der Waals surface area contributed by atoms with Gasteiger partial charge in [0.2, 0.25) is 0 Å². The van der Waals surface area contributed by atoms with Crippen LogP contribution in [0.4, 0.5) is 0 Å². The highest BCUT2D eigenvalue weighted by atomic mass is 16.2.